The molecule has 3 rings (SSSR count). The van der Waals surface area contributed by atoms with E-state index in [-0.39, 0.29) is 18.9 Å². The molecule has 1 saturated heterocycles. The second-order valence-corrected chi connectivity index (χ2v) is 6.26. The van der Waals surface area contributed by atoms with Gasteiger partial charge in [-0.1, -0.05) is 35.3 Å². The Kier molecular flexibility index (Phi) is 4.28. The van der Waals surface area contributed by atoms with Crippen LogP contribution in [0.1, 0.15) is 6.42 Å². The Morgan fingerprint density at radius 2 is 1.83 bits per heavy atom. The molecular weight excluding hydrogens is 337 g/mol. The summed E-state index contributed by atoms with van der Waals surface area (Å²) in [5.41, 5.74) is 2.37. The second-order valence-electron chi connectivity index (χ2n) is 5.41. The average Bonchev–Trinajstić information content (AvgIpc) is 2.92. The highest BCUT2D eigenvalue weighted by atomic mass is 35.5. The van der Waals surface area contributed by atoms with Crippen molar-refractivity contribution in [3.05, 3.63) is 52.5 Å². The molecule has 2 aromatic rings. The first-order valence-corrected chi connectivity index (χ1v) is 7.80. The lowest BCUT2D eigenvalue weighted by Gasteiger charge is -2.16. The summed E-state index contributed by atoms with van der Waals surface area (Å²) in [5.74, 6) is -1.77. The molecule has 0 spiro atoms. The first-order valence-electron chi connectivity index (χ1n) is 7.04. The highest BCUT2D eigenvalue weighted by molar-refractivity contribution is 6.35. The first-order chi connectivity index (χ1) is 11.0. The zero-order valence-electron chi connectivity index (χ0n) is 12.0. The quantitative estimate of drug-likeness (QED) is 0.907. The van der Waals surface area contributed by atoms with Crippen LogP contribution >= 0.6 is 23.2 Å². The Balaban J connectivity index is 1.87. The van der Waals surface area contributed by atoms with Gasteiger partial charge in [-0.2, -0.15) is 0 Å². The summed E-state index contributed by atoms with van der Waals surface area (Å²) in [7, 11) is 0. The van der Waals surface area contributed by atoms with E-state index in [1.807, 2.05) is 12.1 Å². The number of hydrogen-bond donors (Lipinski definition) is 1. The molecule has 1 unspecified atom stereocenters. The Bertz CT molecular complexity index is 774. The maximum atomic E-state index is 12.0. The second kappa shape index (κ2) is 6.22. The van der Waals surface area contributed by atoms with Gasteiger partial charge in [0.1, 0.15) is 0 Å². The normalized spacial score (nSPS) is 17.6. The molecule has 2 aromatic carbocycles. The van der Waals surface area contributed by atoms with Crippen LogP contribution in [0, 0.1) is 5.92 Å². The molecule has 1 aliphatic heterocycles. The molecule has 23 heavy (non-hydrogen) atoms. The van der Waals surface area contributed by atoms with Gasteiger partial charge in [-0.05, 0) is 35.9 Å². The van der Waals surface area contributed by atoms with Gasteiger partial charge in [-0.15, -0.1) is 0 Å². The Morgan fingerprint density at radius 1 is 1.13 bits per heavy atom. The standard InChI is InChI=1S/C17H13Cl2NO3/c18-12-3-6-15(19)14(8-12)10-1-4-13(5-2-10)20-9-11(17(22)23)7-16(20)21/h1-6,8,11H,7,9H2,(H,22,23). The third kappa shape index (κ3) is 3.19. The molecule has 0 radical (unpaired) electrons. The van der Waals surface area contributed by atoms with Crippen LogP contribution < -0.4 is 4.90 Å². The van der Waals surface area contributed by atoms with Crippen molar-refractivity contribution < 1.29 is 14.7 Å². The van der Waals surface area contributed by atoms with Crippen LogP contribution in [0.3, 0.4) is 0 Å². The van der Waals surface area contributed by atoms with Crippen LogP contribution in [0.5, 0.6) is 0 Å². The predicted molar refractivity (Wildman–Crippen MR) is 90.0 cm³/mol. The number of rotatable bonds is 3. The molecule has 1 heterocycles. The molecule has 1 aliphatic rings. The van der Waals surface area contributed by atoms with Crippen molar-refractivity contribution in [1.29, 1.82) is 0 Å². The number of hydrogen-bond acceptors (Lipinski definition) is 2. The molecule has 1 N–H and O–H groups in total. The molecule has 0 aromatic heterocycles. The maximum Gasteiger partial charge on any atom is 0.308 e. The highest BCUT2D eigenvalue weighted by Crippen LogP contribution is 2.33. The summed E-state index contributed by atoms with van der Waals surface area (Å²) < 4.78 is 0. The number of aliphatic carboxylic acids is 1. The third-order valence-corrected chi connectivity index (χ3v) is 4.46. The molecule has 1 atom stereocenters. The fourth-order valence-electron chi connectivity index (χ4n) is 2.66. The number of anilines is 1. The molecule has 1 fully saturated rings. The SMILES string of the molecule is O=C(O)C1CC(=O)N(c2ccc(-c3cc(Cl)ccc3Cl)cc2)C1. The highest BCUT2D eigenvalue weighted by Gasteiger charge is 2.34. The van der Waals surface area contributed by atoms with Gasteiger partial charge in [-0.25, -0.2) is 0 Å². The summed E-state index contributed by atoms with van der Waals surface area (Å²) in [6, 6.07) is 12.5. The number of carboxylic acid groups (broad SMARTS) is 1. The minimum atomic E-state index is -0.942. The Morgan fingerprint density at radius 3 is 2.43 bits per heavy atom. The smallest absolute Gasteiger partial charge is 0.308 e. The van der Waals surface area contributed by atoms with Crippen LogP contribution in [0.15, 0.2) is 42.5 Å². The van der Waals surface area contributed by atoms with Crippen molar-refractivity contribution in [1.82, 2.24) is 0 Å². The van der Waals surface area contributed by atoms with E-state index in [0.29, 0.717) is 15.7 Å². The summed E-state index contributed by atoms with van der Waals surface area (Å²) in [6.07, 6.45) is 0.0389. The van der Waals surface area contributed by atoms with Crippen LogP contribution in [-0.4, -0.2) is 23.5 Å². The van der Waals surface area contributed by atoms with Gasteiger partial charge in [0.25, 0.3) is 0 Å². The third-order valence-electron chi connectivity index (χ3n) is 3.89. The van der Waals surface area contributed by atoms with Crippen molar-refractivity contribution in [3.63, 3.8) is 0 Å². The topological polar surface area (TPSA) is 57.6 Å². The Hall–Kier alpha value is -2.04. The van der Waals surface area contributed by atoms with Crippen LogP contribution in [0.2, 0.25) is 10.0 Å². The van der Waals surface area contributed by atoms with Crippen molar-refractivity contribution in [2.75, 3.05) is 11.4 Å². The zero-order valence-corrected chi connectivity index (χ0v) is 13.5. The van der Waals surface area contributed by atoms with E-state index in [4.69, 9.17) is 28.3 Å². The molecule has 0 saturated carbocycles. The van der Waals surface area contributed by atoms with Crippen LogP contribution in [0.25, 0.3) is 11.1 Å². The first kappa shape index (κ1) is 15.8. The molecule has 118 valence electrons. The van der Waals surface area contributed by atoms with Crippen molar-refractivity contribution in [3.8, 4) is 11.1 Å². The average molecular weight is 350 g/mol. The van der Waals surface area contributed by atoms with Gasteiger partial charge in [0.15, 0.2) is 0 Å². The Labute approximate surface area is 143 Å². The summed E-state index contributed by atoms with van der Waals surface area (Å²) in [6.45, 7) is 0.200. The lowest BCUT2D eigenvalue weighted by atomic mass is 10.1. The van der Waals surface area contributed by atoms with Crippen molar-refractivity contribution in [2.24, 2.45) is 5.92 Å². The van der Waals surface area contributed by atoms with Gasteiger partial charge in [0.05, 0.1) is 5.92 Å². The molecule has 0 aliphatic carbocycles. The lowest BCUT2D eigenvalue weighted by molar-refractivity contribution is -0.141. The molecule has 4 nitrogen and oxygen atoms in total. The van der Waals surface area contributed by atoms with Gasteiger partial charge in [-0.3, -0.25) is 9.59 Å². The van der Waals surface area contributed by atoms with Gasteiger partial charge < -0.3 is 10.0 Å². The fraction of sp³-hybridized carbons (Fsp3) is 0.176. The van der Waals surface area contributed by atoms with Crippen molar-refractivity contribution >= 4 is 40.8 Å². The molecule has 1 amide bonds. The summed E-state index contributed by atoms with van der Waals surface area (Å²) in [4.78, 5) is 24.5. The predicted octanol–water partition coefficient (Wildman–Crippen LogP) is 4.10. The number of benzene rings is 2. The maximum absolute atomic E-state index is 12.0. The monoisotopic (exact) mass is 349 g/mol. The zero-order chi connectivity index (χ0) is 16.6. The van der Waals surface area contributed by atoms with Gasteiger partial charge >= 0.3 is 5.97 Å². The number of nitrogens with zero attached hydrogens (tertiary/aromatic N) is 1. The minimum Gasteiger partial charge on any atom is -0.481 e. The molecule has 6 heteroatoms. The van der Waals surface area contributed by atoms with E-state index >= 15 is 0 Å². The fourth-order valence-corrected chi connectivity index (χ4v) is 3.06. The van der Waals surface area contributed by atoms with Crippen LogP contribution in [-0.2, 0) is 9.59 Å². The number of halogens is 2. The van der Waals surface area contributed by atoms with E-state index in [0.717, 1.165) is 11.1 Å². The van der Waals surface area contributed by atoms with Crippen LogP contribution in [0.4, 0.5) is 5.69 Å². The minimum absolute atomic E-state index is 0.0389. The molecule has 0 bridgehead atoms. The number of amides is 1. The largest absolute Gasteiger partial charge is 0.481 e. The summed E-state index contributed by atoms with van der Waals surface area (Å²) in [5, 5.41) is 10.2. The number of carboxylic acids is 1. The lowest BCUT2D eigenvalue weighted by Crippen LogP contribution is -2.25. The van der Waals surface area contributed by atoms with Gasteiger partial charge in [0.2, 0.25) is 5.91 Å². The van der Waals surface area contributed by atoms with E-state index in [1.54, 1.807) is 30.3 Å². The number of carbonyl (C=O) groups excluding carboxylic acids is 1. The van der Waals surface area contributed by atoms with E-state index in [1.165, 1.54) is 4.90 Å². The van der Waals surface area contributed by atoms with Crippen molar-refractivity contribution in [2.45, 2.75) is 6.42 Å². The molecular formula is C17H13Cl2NO3. The van der Waals surface area contributed by atoms with E-state index < -0.39 is 11.9 Å². The number of carbonyl (C=O) groups is 2. The van der Waals surface area contributed by atoms with Gasteiger partial charge in [0, 0.05) is 34.3 Å². The summed E-state index contributed by atoms with van der Waals surface area (Å²) >= 11 is 12.2. The van der Waals surface area contributed by atoms with E-state index in [9.17, 15) is 9.59 Å². The van der Waals surface area contributed by atoms with E-state index in [2.05, 4.69) is 0 Å².